The molecule has 1 aromatic heterocycles. The maximum Gasteiger partial charge on any atom is 0.325 e. The van der Waals surface area contributed by atoms with Crippen molar-refractivity contribution in [2.24, 2.45) is 5.92 Å². The number of carbonyl (C=O) groups excluding carboxylic acids is 3. The van der Waals surface area contributed by atoms with Crippen molar-refractivity contribution in [2.45, 2.75) is 63.8 Å². The van der Waals surface area contributed by atoms with Crippen LogP contribution in [0, 0.1) is 5.92 Å². The first-order valence-corrected chi connectivity index (χ1v) is 12.4. The van der Waals surface area contributed by atoms with Gasteiger partial charge in [0.25, 0.3) is 5.91 Å². The molecule has 168 valence electrons. The Morgan fingerprint density at radius 3 is 2.84 bits per heavy atom. The molecule has 2 aromatic rings. The molecule has 7 nitrogen and oxygen atoms in total. The summed E-state index contributed by atoms with van der Waals surface area (Å²) in [6, 6.07) is 5.99. The molecule has 2 unspecified atom stereocenters. The molecular weight excluding hydrogens is 424 g/mol. The van der Waals surface area contributed by atoms with Crippen LogP contribution in [0.5, 0.6) is 0 Å². The average Bonchev–Trinajstić information content (AvgIpc) is 3.34. The van der Waals surface area contributed by atoms with Crippen LogP contribution >= 0.6 is 11.3 Å². The van der Waals surface area contributed by atoms with E-state index in [0.717, 1.165) is 48.3 Å². The summed E-state index contributed by atoms with van der Waals surface area (Å²) >= 11 is 1.34. The molecule has 0 radical (unpaired) electrons. The highest BCUT2D eigenvalue weighted by Gasteiger charge is 2.55. The van der Waals surface area contributed by atoms with Gasteiger partial charge in [-0.05, 0) is 61.6 Å². The molecule has 5 rings (SSSR count). The summed E-state index contributed by atoms with van der Waals surface area (Å²) < 4.78 is 0. The molecule has 1 saturated carbocycles. The summed E-state index contributed by atoms with van der Waals surface area (Å²) in [5.74, 6) is -0.627. The quantitative estimate of drug-likeness (QED) is 0.683. The number of thiazole rings is 1. The fraction of sp³-hybridized carbons (Fsp3) is 0.500. The Balaban J connectivity index is 1.25. The van der Waals surface area contributed by atoms with Gasteiger partial charge >= 0.3 is 6.03 Å². The smallest absolute Gasteiger partial charge is 0.323 e. The molecule has 2 atom stereocenters. The zero-order valence-corrected chi connectivity index (χ0v) is 19.1. The molecular formula is C24H28N4O3S. The third-order valence-corrected chi connectivity index (χ3v) is 7.96. The molecule has 1 aromatic carbocycles. The van der Waals surface area contributed by atoms with Crippen LogP contribution in [-0.4, -0.2) is 39.8 Å². The standard InChI is InChI=1S/C24H28N4O3S/c1-15-6-4-5-11-24(15)21(30)28(23(31)27-24)13-20(29)26-22-25-19(14-32-22)18-10-9-16-7-2-3-8-17(16)12-18/h9-10,12,14-15H,2-8,11,13H2,1H3,(H,27,31)(H,25,26,29). The van der Waals surface area contributed by atoms with E-state index >= 15 is 0 Å². The Hall–Kier alpha value is -2.74. The zero-order valence-electron chi connectivity index (χ0n) is 18.3. The number of aromatic nitrogens is 1. The molecule has 1 aliphatic heterocycles. The van der Waals surface area contributed by atoms with Crippen molar-refractivity contribution >= 4 is 34.3 Å². The minimum Gasteiger partial charge on any atom is -0.323 e. The van der Waals surface area contributed by atoms with E-state index in [0.29, 0.717) is 11.6 Å². The van der Waals surface area contributed by atoms with E-state index in [1.54, 1.807) is 0 Å². The van der Waals surface area contributed by atoms with Crippen molar-refractivity contribution in [3.63, 3.8) is 0 Å². The van der Waals surface area contributed by atoms with E-state index in [1.165, 1.54) is 35.3 Å². The van der Waals surface area contributed by atoms with Gasteiger partial charge in [0.05, 0.1) is 5.69 Å². The lowest BCUT2D eigenvalue weighted by atomic mass is 9.73. The van der Waals surface area contributed by atoms with Crippen LogP contribution in [-0.2, 0) is 22.4 Å². The Morgan fingerprint density at radius 2 is 2.03 bits per heavy atom. The van der Waals surface area contributed by atoms with Crippen molar-refractivity contribution in [1.29, 1.82) is 0 Å². The summed E-state index contributed by atoms with van der Waals surface area (Å²) in [5, 5.41) is 8.03. The predicted octanol–water partition coefficient (Wildman–Crippen LogP) is 4.13. The minimum absolute atomic E-state index is 0.0684. The average molecular weight is 453 g/mol. The number of fused-ring (bicyclic) bond motifs is 1. The van der Waals surface area contributed by atoms with Gasteiger partial charge in [0.2, 0.25) is 5.91 Å². The highest BCUT2D eigenvalue weighted by Crippen LogP contribution is 2.38. The van der Waals surface area contributed by atoms with E-state index < -0.39 is 17.5 Å². The van der Waals surface area contributed by atoms with Gasteiger partial charge in [-0.3, -0.25) is 14.5 Å². The minimum atomic E-state index is -0.851. The maximum atomic E-state index is 13.0. The van der Waals surface area contributed by atoms with Gasteiger partial charge in [-0.15, -0.1) is 11.3 Å². The van der Waals surface area contributed by atoms with Gasteiger partial charge in [0.15, 0.2) is 5.13 Å². The number of imide groups is 1. The first-order valence-electron chi connectivity index (χ1n) is 11.5. The van der Waals surface area contributed by atoms with Crippen LogP contribution in [0.25, 0.3) is 11.3 Å². The molecule has 1 saturated heterocycles. The van der Waals surface area contributed by atoms with Gasteiger partial charge in [0.1, 0.15) is 12.1 Å². The van der Waals surface area contributed by atoms with Gasteiger partial charge in [-0.25, -0.2) is 9.78 Å². The van der Waals surface area contributed by atoms with Gasteiger partial charge in [0, 0.05) is 10.9 Å². The van der Waals surface area contributed by atoms with Crippen molar-refractivity contribution in [1.82, 2.24) is 15.2 Å². The van der Waals surface area contributed by atoms with Crippen LogP contribution < -0.4 is 10.6 Å². The molecule has 2 N–H and O–H groups in total. The van der Waals surface area contributed by atoms with Crippen LogP contribution in [0.2, 0.25) is 0 Å². The lowest BCUT2D eigenvalue weighted by Gasteiger charge is -2.36. The number of aryl methyl sites for hydroxylation is 2. The molecule has 2 heterocycles. The largest absolute Gasteiger partial charge is 0.325 e. The van der Waals surface area contributed by atoms with Gasteiger partial charge < -0.3 is 10.6 Å². The summed E-state index contributed by atoms with van der Waals surface area (Å²) in [5.41, 5.74) is 3.82. The van der Waals surface area contributed by atoms with Gasteiger partial charge in [-0.1, -0.05) is 31.9 Å². The molecule has 32 heavy (non-hydrogen) atoms. The van der Waals surface area contributed by atoms with Crippen LogP contribution in [0.15, 0.2) is 23.6 Å². The maximum absolute atomic E-state index is 13.0. The number of benzene rings is 1. The summed E-state index contributed by atoms with van der Waals surface area (Å²) in [6.07, 6.45) is 8.20. The summed E-state index contributed by atoms with van der Waals surface area (Å²) in [6.45, 7) is 1.70. The molecule has 8 heteroatoms. The second-order valence-corrected chi connectivity index (χ2v) is 10.1. The first kappa shape index (κ1) is 21.1. The highest BCUT2D eigenvalue weighted by atomic mass is 32.1. The number of amides is 4. The van der Waals surface area contributed by atoms with Crippen LogP contribution in [0.1, 0.15) is 56.6 Å². The topological polar surface area (TPSA) is 91.4 Å². The summed E-state index contributed by atoms with van der Waals surface area (Å²) in [4.78, 5) is 43.8. The molecule has 0 bridgehead atoms. The van der Waals surface area contributed by atoms with Crippen LogP contribution in [0.4, 0.5) is 9.93 Å². The monoisotopic (exact) mass is 452 g/mol. The van der Waals surface area contributed by atoms with E-state index in [1.807, 2.05) is 12.3 Å². The predicted molar refractivity (Wildman–Crippen MR) is 123 cm³/mol. The number of nitrogens with one attached hydrogen (secondary N) is 2. The van der Waals surface area contributed by atoms with Crippen molar-refractivity contribution in [3.05, 3.63) is 34.7 Å². The number of anilines is 1. The van der Waals surface area contributed by atoms with Gasteiger partial charge in [-0.2, -0.15) is 0 Å². The lowest BCUT2D eigenvalue weighted by Crippen LogP contribution is -2.54. The van der Waals surface area contributed by atoms with Crippen molar-refractivity contribution in [3.8, 4) is 11.3 Å². The Morgan fingerprint density at radius 1 is 1.22 bits per heavy atom. The van der Waals surface area contributed by atoms with Crippen molar-refractivity contribution in [2.75, 3.05) is 11.9 Å². The number of nitrogens with zero attached hydrogens (tertiary/aromatic N) is 2. The second kappa shape index (κ2) is 8.31. The van der Waals surface area contributed by atoms with E-state index in [2.05, 4.69) is 33.8 Å². The Bertz CT molecular complexity index is 1080. The molecule has 2 fully saturated rings. The van der Waals surface area contributed by atoms with Crippen LogP contribution in [0.3, 0.4) is 0 Å². The second-order valence-electron chi connectivity index (χ2n) is 9.22. The fourth-order valence-corrected chi connectivity index (χ4v) is 6.03. The fourth-order valence-electron chi connectivity index (χ4n) is 5.30. The third kappa shape index (κ3) is 3.70. The number of hydrogen-bond donors (Lipinski definition) is 2. The number of hydrogen-bond acceptors (Lipinski definition) is 5. The highest BCUT2D eigenvalue weighted by molar-refractivity contribution is 7.14. The van der Waals surface area contributed by atoms with E-state index in [4.69, 9.17) is 0 Å². The molecule has 3 aliphatic rings. The number of rotatable bonds is 4. The van der Waals surface area contributed by atoms with E-state index in [9.17, 15) is 14.4 Å². The summed E-state index contributed by atoms with van der Waals surface area (Å²) in [7, 11) is 0. The third-order valence-electron chi connectivity index (χ3n) is 7.20. The zero-order chi connectivity index (χ0) is 22.3. The molecule has 2 aliphatic carbocycles. The number of carbonyl (C=O) groups is 3. The number of urea groups is 1. The van der Waals surface area contributed by atoms with Crippen molar-refractivity contribution < 1.29 is 14.4 Å². The first-order chi connectivity index (χ1) is 15.5. The lowest BCUT2D eigenvalue weighted by molar-refractivity contribution is -0.136. The van der Waals surface area contributed by atoms with E-state index in [-0.39, 0.29) is 18.4 Å². The Kier molecular flexibility index (Phi) is 5.49. The Labute approximate surface area is 191 Å². The molecule has 1 spiro atoms. The molecule has 4 amide bonds. The SMILES string of the molecule is CC1CCCCC12NC(=O)N(CC(=O)Nc1nc(-c3ccc4c(c3)CCCC4)cs1)C2=O. The normalized spacial score (nSPS) is 25.0.